The SMILES string of the molecule is CCC(CCCCF)C(=O)OC. The van der Waals surface area contributed by atoms with Crippen molar-refractivity contribution in [2.45, 2.75) is 32.6 Å². The van der Waals surface area contributed by atoms with Gasteiger partial charge in [-0.25, -0.2) is 0 Å². The molecule has 0 radical (unpaired) electrons. The number of esters is 1. The lowest BCUT2D eigenvalue weighted by Gasteiger charge is -2.10. The van der Waals surface area contributed by atoms with Crippen LogP contribution in [0.15, 0.2) is 0 Å². The number of hydrogen-bond donors (Lipinski definition) is 0. The summed E-state index contributed by atoms with van der Waals surface area (Å²) in [5, 5.41) is 0. The highest BCUT2D eigenvalue weighted by molar-refractivity contribution is 5.72. The second-order valence-corrected chi connectivity index (χ2v) is 2.81. The smallest absolute Gasteiger partial charge is 0.308 e. The average molecular weight is 176 g/mol. The summed E-state index contributed by atoms with van der Waals surface area (Å²) in [7, 11) is 1.39. The van der Waals surface area contributed by atoms with Crippen LogP contribution in [-0.2, 0) is 9.53 Å². The van der Waals surface area contributed by atoms with E-state index in [0.29, 0.717) is 6.42 Å². The van der Waals surface area contributed by atoms with Gasteiger partial charge in [-0.15, -0.1) is 0 Å². The Kier molecular flexibility index (Phi) is 6.72. The number of unbranched alkanes of at least 4 members (excludes halogenated alkanes) is 1. The molecule has 0 saturated carbocycles. The van der Waals surface area contributed by atoms with E-state index in [2.05, 4.69) is 4.74 Å². The number of hydrogen-bond acceptors (Lipinski definition) is 2. The molecule has 0 fully saturated rings. The van der Waals surface area contributed by atoms with E-state index in [1.165, 1.54) is 7.11 Å². The number of carbonyl (C=O) groups excluding carboxylic acids is 1. The molecule has 1 unspecified atom stereocenters. The Balaban J connectivity index is 3.60. The van der Waals surface area contributed by atoms with Crippen molar-refractivity contribution >= 4 is 5.97 Å². The molecule has 12 heavy (non-hydrogen) atoms. The second kappa shape index (κ2) is 7.07. The summed E-state index contributed by atoms with van der Waals surface area (Å²) in [4.78, 5) is 11.0. The Morgan fingerprint density at radius 3 is 2.58 bits per heavy atom. The zero-order valence-corrected chi connectivity index (χ0v) is 7.81. The minimum absolute atomic E-state index is 0.0402. The third-order valence-corrected chi connectivity index (χ3v) is 1.96. The first-order valence-corrected chi connectivity index (χ1v) is 4.40. The number of alkyl halides is 1. The van der Waals surface area contributed by atoms with E-state index >= 15 is 0 Å². The van der Waals surface area contributed by atoms with Crippen molar-refractivity contribution in [1.29, 1.82) is 0 Å². The van der Waals surface area contributed by atoms with Crippen molar-refractivity contribution in [1.82, 2.24) is 0 Å². The fourth-order valence-electron chi connectivity index (χ4n) is 1.14. The van der Waals surface area contributed by atoms with Gasteiger partial charge in [-0.3, -0.25) is 9.18 Å². The zero-order chi connectivity index (χ0) is 9.40. The molecule has 0 amide bonds. The maximum Gasteiger partial charge on any atom is 0.308 e. The molecule has 0 bridgehead atoms. The van der Waals surface area contributed by atoms with E-state index in [4.69, 9.17) is 0 Å². The summed E-state index contributed by atoms with van der Waals surface area (Å²) in [5.74, 6) is -0.210. The molecule has 0 aliphatic carbocycles. The third kappa shape index (κ3) is 4.31. The molecule has 1 atom stereocenters. The maximum absolute atomic E-state index is 11.7. The Morgan fingerprint density at radius 1 is 1.50 bits per heavy atom. The maximum atomic E-state index is 11.7. The number of rotatable bonds is 6. The van der Waals surface area contributed by atoms with E-state index < -0.39 is 0 Å². The summed E-state index contributed by atoms with van der Waals surface area (Å²) in [6.45, 7) is 1.65. The lowest BCUT2D eigenvalue weighted by Crippen LogP contribution is -2.15. The lowest BCUT2D eigenvalue weighted by molar-refractivity contribution is -0.145. The van der Waals surface area contributed by atoms with Crippen LogP contribution >= 0.6 is 0 Å². The van der Waals surface area contributed by atoms with Crippen LogP contribution in [0.4, 0.5) is 4.39 Å². The molecule has 0 heterocycles. The van der Waals surface area contributed by atoms with Crippen LogP contribution in [-0.4, -0.2) is 19.8 Å². The molecule has 0 aromatic carbocycles. The average Bonchev–Trinajstić information content (AvgIpc) is 2.11. The standard InChI is InChI=1S/C9H17FO2/c1-3-8(9(11)12-2)6-4-5-7-10/h8H,3-7H2,1-2H3. The van der Waals surface area contributed by atoms with Crippen LogP contribution < -0.4 is 0 Å². The zero-order valence-electron chi connectivity index (χ0n) is 7.81. The van der Waals surface area contributed by atoms with Crippen molar-refractivity contribution in [3.63, 3.8) is 0 Å². The molecule has 0 saturated heterocycles. The van der Waals surface area contributed by atoms with Crippen LogP contribution in [0.25, 0.3) is 0 Å². The molecule has 0 aromatic rings. The predicted molar refractivity (Wildman–Crippen MR) is 45.6 cm³/mol. The summed E-state index contributed by atoms with van der Waals surface area (Å²) in [6, 6.07) is 0. The van der Waals surface area contributed by atoms with Crippen LogP contribution in [0, 0.1) is 5.92 Å². The second-order valence-electron chi connectivity index (χ2n) is 2.81. The molecular weight excluding hydrogens is 159 g/mol. The number of carbonyl (C=O) groups is 1. The summed E-state index contributed by atoms with van der Waals surface area (Å²) < 4.78 is 16.3. The molecule has 3 heteroatoms. The van der Waals surface area contributed by atoms with Gasteiger partial charge in [0.05, 0.1) is 19.7 Å². The minimum atomic E-state index is -0.294. The molecule has 72 valence electrons. The van der Waals surface area contributed by atoms with Crippen LogP contribution in [0.5, 0.6) is 0 Å². The first kappa shape index (κ1) is 11.4. The minimum Gasteiger partial charge on any atom is -0.469 e. The van der Waals surface area contributed by atoms with Crippen molar-refractivity contribution in [3.8, 4) is 0 Å². The van der Waals surface area contributed by atoms with E-state index in [9.17, 15) is 9.18 Å². The molecule has 0 spiro atoms. The highest BCUT2D eigenvalue weighted by Gasteiger charge is 2.15. The molecule has 0 aliphatic rings. The van der Waals surface area contributed by atoms with Crippen LogP contribution in [0.2, 0.25) is 0 Å². The van der Waals surface area contributed by atoms with Gasteiger partial charge in [0.15, 0.2) is 0 Å². The fourth-order valence-corrected chi connectivity index (χ4v) is 1.14. The van der Waals surface area contributed by atoms with Gasteiger partial charge in [-0.2, -0.15) is 0 Å². The predicted octanol–water partition coefficient (Wildman–Crippen LogP) is 2.33. The van der Waals surface area contributed by atoms with Crippen molar-refractivity contribution in [2.75, 3.05) is 13.8 Å². The van der Waals surface area contributed by atoms with Crippen LogP contribution in [0.1, 0.15) is 32.6 Å². The first-order valence-electron chi connectivity index (χ1n) is 4.40. The number of halogens is 1. The quantitative estimate of drug-likeness (QED) is 0.458. The van der Waals surface area contributed by atoms with Crippen LogP contribution in [0.3, 0.4) is 0 Å². The number of ether oxygens (including phenoxy) is 1. The Bertz CT molecular complexity index is 126. The molecule has 0 rings (SSSR count). The highest BCUT2D eigenvalue weighted by atomic mass is 19.1. The van der Waals surface area contributed by atoms with Gasteiger partial charge in [0, 0.05) is 0 Å². The molecule has 2 nitrogen and oxygen atoms in total. The number of methoxy groups -OCH3 is 1. The Labute approximate surface area is 73.1 Å². The highest BCUT2D eigenvalue weighted by Crippen LogP contribution is 2.13. The molecule has 0 N–H and O–H groups in total. The van der Waals surface area contributed by atoms with Gasteiger partial charge in [0.1, 0.15) is 0 Å². The van der Waals surface area contributed by atoms with Gasteiger partial charge >= 0.3 is 5.97 Å². The largest absolute Gasteiger partial charge is 0.469 e. The lowest BCUT2D eigenvalue weighted by atomic mass is 10.00. The van der Waals surface area contributed by atoms with E-state index in [0.717, 1.165) is 19.3 Å². The monoisotopic (exact) mass is 176 g/mol. The first-order chi connectivity index (χ1) is 5.76. The topological polar surface area (TPSA) is 26.3 Å². The van der Waals surface area contributed by atoms with E-state index in [1.54, 1.807) is 0 Å². The van der Waals surface area contributed by atoms with E-state index in [-0.39, 0.29) is 18.6 Å². The third-order valence-electron chi connectivity index (χ3n) is 1.96. The molecule has 0 aliphatic heterocycles. The molecule has 0 aromatic heterocycles. The van der Waals surface area contributed by atoms with E-state index in [1.807, 2.05) is 6.92 Å². The van der Waals surface area contributed by atoms with Gasteiger partial charge in [-0.05, 0) is 25.7 Å². The van der Waals surface area contributed by atoms with Crippen molar-refractivity contribution < 1.29 is 13.9 Å². The van der Waals surface area contributed by atoms with Gasteiger partial charge in [0.25, 0.3) is 0 Å². The van der Waals surface area contributed by atoms with Gasteiger partial charge in [-0.1, -0.05) is 6.92 Å². The Morgan fingerprint density at radius 2 is 2.17 bits per heavy atom. The summed E-state index contributed by atoms with van der Waals surface area (Å²) in [6.07, 6.45) is 2.84. The Hall–Kier alpha value is -0.600. The summed E-state index contributed by atoms with van der Waals surface area (Å²) >= 11 is 0. The van der Waals surface area contributed by atoms with Crippen molar-refractivity contribution in [2.24, 2.45) is 5.92 Å². The van der Waals surface area contributed by atoms with Crippen molar-refractivity contribution in [3.05, 3.63) is 0 Å². The normalized spacial score (nSPS) is 12.6. The molecular formula is C9H17FO2. The summed E-state index contributed by atoms with van der Waals surface area (Å²) in [5.41, 5.74) is 0. The van der Waals surface area contributed by atoms with Gasteiger partial charge in [0.2, 0.25) is 0 Å². The fraction of sp³-hybridized carbons (Fsp3) is 0.889. The van der Waals surface area contributed by atoms with Gasteiger partial charge < -0.3 is 4.74 Å².